The van der Waals surface area contributed by atoms with E-state index in [2.05, 4.69) is 9.97 Å². The molecule has 6 heteroatoms. The summed E-state index contributed by atoms with van der Waals surface area (Å²) in [5.41, 5.74) is 0.987. The molecule has 0 aliphatic heterocycles. The SMILES string of the molecule is O=[N+]([O-])c1ccc2ncc(Cl)nc2c1. The van der Waals surface area contributed by atoms with Gasteiger partial charge in [0.2, 0.25) is 0 Å². The molecule has 0 amide bonds. The number of hydrogen-bond acceptors (Lipinski definition) is 4. The van der Waals surface area contributed by atoms with Crippen molar-refractivity contribution < 1.29 is 4.92 Å². The standard InChI is InChI=1S/C8H4ClN3O2/c9-8-4-10-6-2-1-5(12(13)14)3-7(6)11-8/h1-4H. The lowest BCUT2D eigenvalue weighted by molar-refractivity contribution is -0.384. The minimum atomic E-state index is -0.484. The van der Waals surface area contributed by atoms with Crippen LogP contribution in [0.4, 0.5) is 5.69 Å². The summed E-state index contributed by atoms with van der Waals surface area (Å²) < 4.78 is 0. The molecule has 2 rings (SSSR count). The molecule has 1 aromatic heterocycles. The monoisotopic (exact) mass is 209 g/mol. The predicted octanol–water partition coefficient (Wildman–Crippen LogP) is 2.19. The van der Waals surface area contributed by atoms with Crippen molar-refractivity contribution in [1.29, 1.82) is 0 Å². The molecular formula is C8H4ClN3O2. The van der Waals surface area contributed by atoms with E-state index >= 15 is 0 Å². The lowest BCUT2D eigenvalue weighted by Gasteiger charge is -1.96. The van der Waals surface area contributed by atoms with Crippen molar-refractivity contribution in [1.82, 2.24) is 9.97 Å². The molecule has 0 bridgehead atoms. The molecule has 0 aliphatic rings. The van der Waals surface area contributed by atoms with Crippen molar-refractivity contribution in [3.05, 3.63) is 39.7 Å². The summed E-state index contributed by atoms with van der Waals surface area (Å²) in [5, 5.41) is 10.7. The summed E-state index contributed by atoms with van der Waals surface area (Å²) in [7, 11) is 0. The van der Waals surface area contributed by atoms with Gasteiger partial charge in [-0.15, -0.1) is 0 Å². The molecule has 0 radical (unpaired) electrons. The number of rotatable bonds is 1. The van der Waals surface area contributed by atoms with E-state index in [-0.39, 0.29) is 10.8 Å². The second-order valence-corrected chi connectivity index (χ2v) is 3.01. The molecule has 0 aliphatic carbocycles. The van der Waals surface area contributed by atoms with Crippen LogP contribution < -0.4 is 0 Å². The molecular weight excluding hydrogens is 206 g/mol. The summed E-state index contributed by atoms with van der Waals surface area (Å²) in [5.74, 6) is 0. The summed E-state index contributed by atoms with van der Waals surface area (Å²) in [4.78, 5) is 17.9. The smallest absolute Gasteiger partial charge is 0.258 e. The summed E-state index contributed by atoms with van der Waals surface area (Å²) >= 11 is 5.61. The van der Waals surface area contributed by atoms with Crippen LogP contribution in [-0.2, 0) is 0 Å². The van der Waals surface area contributed by atoms with Crippen LogP contribution in [0.5, 0.6) is 0 Å². The Bertz CT molecular complexity index is 515. The van der Waals surface area contributed by atoms with E-state index in [0.29, 0.717) is 11.0 Å². The molecule has 5 nitrogen and oxygen atoms in total. The van der Waals surface area contributed by atoms with Crippen molar-refractivity contribution in [2.75, 3.05) is 0 Å². The van der Waals surface area contributed by atoms with Gasteiger partial charge in [-0.25, -0.2) is 4.98 Å². The van der Waals surface area contributed by atoms with Gasteiger partial charge in [0.15, 0.2) is 0 Å². The third-order valence-corrected chi connectivity index (χ3v) is 1.89. The summed E-state index contributed by atoms with van der Waals surface area (Å²) in [6, 6.07) is 4.26. The van der Waals surface area contributed by atoms with Gasteiger partial charge < -0.3 is 0 Å². The Balaban J connectivity index is 2.69. The van der Waals surface area contributed by atoms with Crippen LogP contribution in [0, 0.1) is 10.1 Å². The maximum absolute atomic E-state index is 10.5. The highest BCUT2D eigenvalue weighted by Gasteiger charge is 2.07. The first kappa shape index (κ1) is 8.83. The highest BCUT2D eigenvalue weighted by atomic mass is 35.5. The number of fused-ring (bicyclic) bond motifs is 1. The zero-order valence-corrected chi connectivity index (χ0v) is 7.60. The molecule has 70 valence electrons. The zero-order valence-electron chi connectivity index (χ0n) is 6.85. The lowest BCUT2D eigenvalue weighted by Crippen LogP contribution is -1.89. The number of nitro groups is 1. The van der Waals surface area contributed by atoms with E-state index < -0.39 is 4.92 Å². The van der Waals surface area contributed by atoms with Gasteiger partial charge in [0, 0.05) is 12.1 Å². The third-order valence-electron chi connectivity index (χ3n) is 1.71. The highest BCUT2D eigenvalue weighted by Crippen LogP contribution is 2.18. The Morgan fingerprint density at radius 1 is 1.36 bits per heavy atom. The fraction of sp³-hybridized carbons (Fsp3) is 0. The van der Waals surface area contributed by atoms with E-state index in [4.69, 9.17) is 11.6 Å². The molecule has 0 fully saturated rings. The number of nitrogens with zero attached hydrogens (tertiary/aromatic N) is 3. The van der Waals surface area contributed by atoms with Gasteiger partial charge in [-0.2, -0.15) is 0 Å². The summed E-state index contributed by atoms with van der Waals surface area (Å²) in [6.07, 6.45) is 1.40. The molecule has 1 heterocycles. The van der Waals surface area contributed by atoms with E-state index in [1.165, 1.54) is 24.4 Å². The minimum Gasteiger partial charge on any atom is -0.258 e. The molecule has 0 unspecified atom stereocenters. The molecule has 0 spiro atoms. The number of halogens is 1. The number of hydrogen-bond donors (Lipinski definition) is 0. The lowest BCUT2D eigenvalue weighted by atomic mass is 10.3. The fourth-order valence-corrected chi connectivity index (χ4v) is 1.23. The Morgan fingerprint density at radius 2 is 2.14 bits per heavy atom. The quantitative estimate of drug-likeness (QED) is 0.533. The first-order valence-corrected chi connectivity index (χ1v) is 4.11. The minimum absolute atomic E-state index is 0.0194. The summed E-state index contributed by atoms with van der Waals surface area (Å²) in [6.45, 7) is 0. The predicted molar refractivity (Wildman–Crippen MR) is 51.2 cm³/mol. The van der Waals surface area contributed by atoms with Crippen molar-refractivity contribution in [3.63, 3.8) is 0 Å². The molecule has 0 saturated heterocycles. The van der Waals surface area contributed by atoms with E-state index in [1.54, 1.807) is 0 Å². The van der Waals surface area contributed by atoms with Gasteiger partial charge >= 0.3 is 0 Å². The number of non-ortho nitro benzene ring substituents is 1. The normalized spacial score (nSPS) is 10.4. The van der Waals surface area contributed by atoms with Crippen LogP contribution in [0.2, 0.25) is 5.15 Å². The Kier molecular flexibility index (Phi) is 2.01. The van der Waals surface area contributed by atoms with Gasteiger partial charge in [0.25, 0.3) is 5.69 Å². The third kappa shape index (κ3) is 1.49. The molecule has 0 saturated carbocycles. The maximum Gasteiger partial charge on any atom is 0.271 e. The van der Waals surface area contributed by atoms with Crippen molar-refractivity contribution in [3.8, 4) is 0 Å². The van der Waals surface area contributed by atoms with E-state index in [0.717, 1.165) is 0 Å². The topological polar surface area (TPSA) is 68.9 Å². The average molecular weight is 210 g/mol. The molecule has 14 heavy (non-hydrogen) atoms. The van der Waals surface area contributed by atoms with Crippen LogP contribution in [-0.4, -0.2) is 14.9 Å². The van der Waals surface area contributed by atoms with E-state index in [1.807, 2.05) is 0 Å². The zero-order chi connectivity index (χ0) is 10.1. The van der Waals surface area contributed by atoms with Gasteiger partial charge in [0.05, 0.1) is 22.2 Å². The highest BCUT2D eigenvalue weighted by molar-refractivity contribution is 6.29. The number of nitro benzene ring substituents is 1. The Morgan fingerprint density at radius 3 is 2.86 bits per heavy atom. The second kappa shape index (κ2) is 3.19. The van der Waals surface area contributed by atoms with Gasteiger partial charge in [-0.1, -0.05) is 11.6 Å². The Labute approximate surface area is 83.5 Å². The first-order chi connectivity index (χ1) is 6.66. The largest absolute Gasteiger partial charge is 0.271 e. The molecule has 0 N–H and O–H groups in total. The van der Waals surface area contributed by atoms with Crippen LogP contribution in [0.25, 0.3) is 11.0 Å². The van der Waals surface area contributed by atoms with Gasteiger partial charge in [0.1, 0.15) is 5.15 Å². The maximum atomic E-state index is 10.5. The van der Waals surface area contributed by atoms with Crippen molar-refractivity contribution in [2.45, 2.75) is 0 Å². The van der Waals surface area contributed by atoms with E-state index in [9.17, 15) is 10.1 Å². The first-order valence-electron chi connectivity index (χ1n) is 3.73. The molecule has 1 aromatic carbocycles. The number of benzene rings is 1. The number of aromatic nitrogens is 2. The van der Waals surface area contributed by atoms with Crippen molar-refractivity contribution >= 4 is 28.3 Å². The van der Waals surface area contributed by atoms with Crippen LogP contribution in [0.3, 0.4) is 0 Å². The van der Waals surface area contributed by atoms with Gasteiger partial charge in [-0.05, 0) is 6.07 Å². The van der Waals surface area contributed by atoms with Crippen LogP contribution in [0.1, 0.15) is 0 Å². The van der Waals surface area contributed by atoms with Gasteiger partial charge in [-0.3, -0.25) is 15.1 Å². The van der Waals surface area contributed by atoms with Crippen LogP contribution >= 0.6 is 11.6 Å². The van der Waals surface area contributed by atoms with Crippen molar-refractivity contribution in [2.24, 2.45) is 0 Å². The molecule has 2 aromatic rings. The Hall–Kier alpha value is -1.75. The average Bonchev–Trinajstić information content (AvgIpc) is 2.16. The second-order valence-electron chi connectivity index (χ2n) is 2.62. The molecule has 0 atom stereocenters. The fourth-order valence-electron chi connectivity index (χ4n) is 1.09. The van der Waals surface area contributed by atoms with Crippen LogP contribution in [0.15, 0.2) is 24.4 Å².